The Balaban J connectivity index is 1.93. The van der Waals surface area contributed by atoms with Crippen LogP contribution in [0.25, 0.3) is 0 Å². The highest BCUT2D eigenvalue weighted by Crippen LogP contribution is 2.39. The van der Waals surface area contributed by atoms with Gasteiger partial charge in [-0.1, -0.05) is 32.1 Å². The Bertz CT molecular complexity index is 300. The summed E-state index contributed by atoms with van der Waals surface area (Å²) in [6.07, 6.45) is 3.49. The summed E-state index contributed by atoms with van der Waals surface area (Å²) in [7, 11) is 0. The van der Waals surface area contributed by atoms with E-state index in [2.05, 4.69) is 5.32 Å². The molecule has 2 aliphatic carbocycles. The van der Waals surface area contributed by atoms with Crippen molar-refractivity contribution in [3.63, 3.8) is 0 Å². The lowest BCUT2D eigenvalue weighted by Crippen LogP contribution is -2.50. The monoisotopic (exact) mass is 293 g/mol. The summed E-state index contributed by atoms with van der Waals surface area (Å²) in [5.74, 6) is -1.21. The van der Waals surface area contributed by atoms with Gasteiger partial charge in [-0.15, -0.1) is 0 Å². The average molecular weight is 293 g/mol. The smallest absolute Gasteiger partial charge is 0.393 e. The van der Waals surface area contributed by atoms with E-state index < -0.39 is 18.1 Å². The summed E-state index contributed by atoms with van der Waals surface area (Å²) >= 11 is 0. The summed E-state index contributed by atoms with van der Waals surface area (Å²) in [6, 6.07) is -0.464. The zero-order valence-electron chi connectivity index (χ0n) is 12.0. The van der Waals surface area contributed by atoms with E-state index in [1.165, 1.54) is 6.42 Å². The largest absolute Gasteiger partial charge is 0.396 e. The minimum absolute atomic E-state index is 0.0867. The molecule has 0 aromatic heterocycles. The second-order valence-electron chi connectivity index (χ2n) is 6.64. The van der Waals surface area contributed by atoms with Crippen molar-refractivity contribution in [3.05, 3.63) is 0 Å². The quantitative estimate of drug-likeness (QED) is 0.829. The molecular formula is C15H26F3NO. The van der Waals surface area contributed by atoms with E-state index in [4.69, 9.17) is 0 Å². The molecule has 0 amide bonds. The van der Waals surface area contributed by atoms with E-state index in [1.807, 2.05) is 0 Å². The molecule has 2 nitrogen and oxygen atoms in total. The number of halogens is 3. The molecule has 0 saturated heterocycles. The van der Waals surface area contributed by atoms with Gasteiger partial charge in [0, 0.05) is 24.6 Å². The van der Waals surface area contributed by atoms with Gasteiger partial charge in [0.1, 0.15) is 0 Å². The van der Waals surface area contributed by atoms with Crippen molar-refractivity contribution < 1.29 is 18.3 Å². The van der Waals surface area contributed by atoms with Crippen molar-refractivity contribution in [3.8, 4) is 0 Å². The lowest BCUT2D eigenvalue weighted by molar-refractivity contribution is -0.189. The zero-order chi connectivity index (χ0) is 14.6. The summed E-state index contributed by atoms with van der Waals surface area (Å²) < 4.78 is 39.1. The van der Waals surface area contributed by atoms with Gasteiger partial charge in [0.15, 0.2) is 0 Å². The Hall–Kier alpha value is -0.290. The first-order valence-electron chi connectivity index (χ1n) is 7.88. The van der Waals surface area contributed by atoms with Crippen LogP contribution in [0.4, 0.5) is 13.2 Å². The molecular weight excluding hydrogens is 267 g/mol. The number of hydrogen-bond donors (Lipinski definition) is 2. The number of hydrogen-bond acceptors (Lipinski definition) is 2. The van der Waals surface area contributed by atoms with Crippen LogP contribution in [0.2, 0.25) is 0 Å². The second-order valence-corrected chi connectivity index (χ2v) is 6.64. The van der Waals surface area contributed by atoms with Crippen LogP contribution in [0.3, 0.4) is 0 Å². The molecule has 2 aliphatic rings. The molecule has 2 fully saturated rings. The number of aliphatic hydroxyl groups is 1. The van der Waals surface area contributed by atoms with Crippen LogP contribution in [0, 0.1) is 11.3 Å². The fourth-order valence-electron chi connectivity index (χ4n) is 3.81. The summed E-state index contributed by atoms with van der Waals surface area (Å²) in [6.45, 7) is 0.615. The predicted octanol–water partition coefficient (Wildman–Crippen LogP) is 3.64. The normalized spacial score (nSPS) is 31.2. The maximum absolute atomic E-state index is 13.0. The van der Waals surface area contributed by atoms with Gasteiger partial charge in [-0.3, -0.25) is 0 Å². The Morgan fingerprint density at radius 2 is 1.65 bits per heavy atom. The third-order valence-electron chi connectivity index (χ3n) is 5.18. The van der Waals surface area contributed by atoms with Crippen molar-refractivity contribution in [1.82, 2.24) is 5.32 Å². The van der Waals surface area contributed by atoms with Crippen molar-refractivity contribution in [2.75, 3.05) is 13.2 Å². The fraction of sp³-hybridized carbons (Fsp3) is 1.00. The highest BCUT2D eigenvalue weighted by molar-refractivity contribution is 4.90. The molecule has 2 unspecified atom stereocenters. The van der Waals surface area contributed by atoms with Crippen molar-refractivity contribution in [1.29, 1.82) is 0 Å². The zero-order valence-corrected chi connectivity index (χ0v) is 12.0. The lowest BCUT2D eigenvalue weighted by atomic mass is 9.74. The second kappa shape index (κ2) is 6.65. The molecule has 0 spiro atoms. The fourth-order valence-corrected chi connectivity index (χ4v) is 3.81. The van der Waals surface area contributed by atoms with E-state index >= 15 is 0 Å². The van der Waals surface area contributed by atoms with Crippen molar-refractivity contribution in [2.24, 2.45) is 11.3 Å². The first-order chi connectivity index (χ1) is 9.47. The third-order valence-corrected chi connectivity index (χ3v) is 5.18. The molecule has 5 heteroatoms. The molecule has 0 heterocycles. The SMILES string of the molecule is OCC1(CNC2CCCCC2C(F)(F)F)CCCCC1. The number of rotatable bonds is 4. The molecule has 2 atom stereocenters. The van der Waals surface area contributed by atoms with E-state index in [0.29, 0.717) is 19.4 Å². The highest BCUT2D eigenvalue weighted by Gasteiger charge is 2.46. The van der Waals surface area contributed by atoms with Gasteiger partial charge in [-0.05, 0) is 25.7 Å². The molecule has 2 saturated carbocycles. The lowest BCUT2D eigenvalue weighted by Gasteiger charge is -2.40. The van der Waals surface area contributed by atoms with Gasteiger partial charge in [0.05, 0.1) is 5.92 Å². The van der Waals surface area contributed by atoms with Gasteiger partial charge in [0.25, 0.3) is 0 Å². The van der Waals surface area contributed by atoms with Crippen molar-refractivity contribution in [2.45, 2.75) is 70.0 Å². The van der Waals surface area contributed by atoms with Gasteiger partial charge in [0.2, 0.25) is 0 Å². The molecule has 0 aliphatic heterocycles. The number of alkyl halides is 3. The Kier molecular flexibility index (Phi) is 5.35. The molecule has 0 aromatic rings. The number of nitrogens with one attached hydrogen (secondary N) is 1. The number of aliphatic hydroxyl groups excluding tert-OH is 1. The molecule has 20 heavy (non-hydrogen) atoms. The maximum atomic E-state index is 13.0. The predicted molar refractivity (Wildman–Crippen MR) is 72.4 cm³/mol. The van der Waals surface area contributed by atoms with Crippen molar-refractivity contribution >= 4 is 0 Å². The summed E-state index contributed by atoms with van der Waals surface area (Å²) in [5.41, 5.74) is -0.189. The Morgan fingerprint density at radius 1 is 1.00 bits per heavy atom. The molecule has 2 N–H and O–H groups in total. The Labute approximate surface area is 119 Å². The topological polar surface area (TPSA) is 32.3 Å². The van der Waals surface area contributed by atoms with Crippen LogP contribution in [0.1, 0.15) is 57.8 Å². The van der Waals surface area contributed by atoms with E-state index in [1.54, 1.807) is 0 Å². The van der Waals surface area contributed by atoms with E-state index in [-0.39, 0.29) is 18.4 Å². The first kappa shape index (κ1) is 16.1. The van der Waals surface area contributed by atoms with Gasteiger partial charge >= 0.3 is 6.18 Å². The van der Waals surface area contributed by atoms with E-state index in [0.717, 1.165) is 32.1 Å². The van der Waals surface area contributed by atoms with Crippen LogP contribution in [-0.2, 0) is 0 Å². The van der Waals surface area contributed by atoms with Gasteiger partial charge in [-0.25, -0.2) is 0 Å². The minimum atomic E-state index is -4.10. The highest BCUT2D eigenvalue weighted by atomic mass is 19.4. The summed E-state index contributed by atoms with van der Waals surface area (Å²) in [4.78, 5) is 0. The molecule has 0 bridgehead atoms. The average Bonchev–Trinajstić information content (AvgIpc) is 2.45. The third kappa shape index (κ3) is 3.88. The van der Waals surface area contributed by atoms with Crippen LogP contribution in [0.15, 0.2) is 0 Å². The molecule has 2 rings (SSSR count). The maximum Gasteiger partial charge on any atom is 0.393 e. The molecule has 0 radical (unpaired) electrons. The van der Waals surface area contributed by atoms with Crippen LogP contribution < -0.4 is 5.32 Å². The first-order valence-corrected chi connectivity index (χ1v) is 7.88. The molecule has 0 aromatic carbocycles. The van der Waals surface area contributed by atoms with Crippen LogP contribution in [-0.4, -0.2) is 30.5 Å². The van der Waals surface area contributed by atoms with E-state index in [9.17, 15) is 18.3 Å². The van der Waals surface area contributed by atoms with Crippen LogP contribution in [0.5, 0.6) is 0 Å². The van der Waals surface area contributed by atoms with Crippen LogP contribution >= 0.6 is 0 Å². The van der Waals surface area contributed by atoms with Gasteiger partial charge in [-0.2, -0.15) is 13.2 Å². The Morgan fingerprint density at radius 3 is 2.25 bits per heavy atom. The standard InChI is InChI=1S/C15H26F3NO/c16-15(17,18)12-6-2-3-7-13(12)19-10-14(11-20)8-4-1-5-9-14/h12-13,19-20H,1-11H2. The minimum Gasteiger partial charge on any atom is -0.396 e. The molecule has 118 valence electrons. The summed E-state index contributed by atoms with van der Waals surface area (Å²) in [5, 5.41) is 12.8. The van der Waals surface area contributed by atoms with Gasteiger partial charge < -0.3 is 10.4 Å².